The number of methoxy groups -OCH3 is 1. The van der Waals surface area contributed by atoms with Crippen LogP contribution in [0.4, 0.5) is 0 Å². The summed E-state index contributed by atoms with van der Waals surface area (Å²) < 4.78 is 17.7. The first-order valence-electron chi connectivity index (χ1n) is 9.25. The van der Waals surface area contributed by atoms with E-state index in [2.05, 4.69) is 5.32 Å². The normalized spacial score (nSPS) is 28.5. The van der Waals surface area contributed by atoms with E-state index in [9.17, 15) is 4.79 Å². The Hall–Kier alpha value is -1.75. The van der Waals surface area contributed by atoms with E-state index in [1.165, 1.54) is 6.42 Å². The van der Waals surface area contributed by atoms with Crippen molar-refractivity contribution < 1.29 is 19.0 Å². The number of carbonyl (C=O) groups is 1. The number of carbonyl (C=O) groups excluding carboxylic acids is 1. The molecule has 0 radical (unpaired) electrons. The van der Waals surface area contributed by atoms with Crippen LogP contribution >= 0.6 is 0 Å². The number of benzene rings is 1. The van der Waals surface area contributed by atoms with Crippen molar-refractivity contribution in [2.24, 2.45) is 5.92 Å². The van der Waals surface area contributed by atoms with Gasteiger partial charge >= 0.3 is 0 Å². The zero-order valence-electron chi connectivity index (χ0n) is 15.6. The molecule has 1 aliphatic heterocycles. The molecule has 0 aromatic heterocycles. The van der Waals surface area contributed by atoms with Crippen LogP contribution in [0.1, 0.15) is 58.1 Å². The SMILES string of the molecule is COc1cc([C@H]2C[C@@H](NC(C)=O)[C@@H]3CCC[C@H]3O2)ccc1OC(C)C. The molecule has 138 valence electrons. The van der Waals surface area contributed by atoms with Crippen molar-refractivity contribution in [2.75, 3.05) is 7.11 Å². The zero-order valence-corrected chi connectivity index (χ0v) is 15.6. The minimum Gasteiger partial charge on any atom is -0.493 e. The maximum atomic E-state index is 11.6. The van der Waals surface area contributed by atoms with Gasteiger partial charge in [-0.3, -0.25) is 4.79 Å². The third kappa shape index (κ3) is 4.09. The average Bonchev–Trinajstić information content (AvgIpc) is 3.03. The first-order valence-corrected chi connectivity index (χ1v) is 9.25. The fourth-order valence-electron chi connectivity index (χ4n) is 4.13. The van der Waals surface area contributed by atoms with Crippen LogP contribution in [0.15, 0.2) is 18.2 Å². The Morgan fingerprint density at radius 3 is 2.76 bits per heavy atom. The lowest BCUT2D eigenvalue weighted by Crippen LogP contribution is -2.47. The fraction of sp³-hybridized carbons (Fsp3) is 0.650. The molecule has 2 aliphatic rings. The van der Waals surface area contributed by atoms with Gasteiger partial charge in [-0.05, 0) is 50.8 Å². The van der Waals surface area contributed by atoms with E-state index in [0.29, 0.717) is 5.92 Å². The highest BCUT2D eigenvalue weighted by molar-refractivity contribution is 5.73. The van der Waals surface area contributed by atoms with Gasteiger partial charge in [0.25, 0.3) is 0 Å². The number of hydrogen-bond acceptors (Lipinski definition) is 4. The topological polar surface area (TPSA) is 56.8 Å². The molecular weight excluding hydrogens is 318 g/mol. The highest BCUT2D eigenvalue weighted by Gasteiger charge is 2.42. The average molecular weight is 347 g/mol. The molecule has 1 heterocycles. The van der Waals surface area contributed by atoms with E-state index in [1.807, 2.05) is 32.0 Å². The highest BCUT2D eigenvalue weighted by Crippen LogP contribution is 2.44. The number of ether oxygens (including phenoxy) is 3. The van der Waals surface area contributed by atoms with Gasteiger partial charge in [0.05, 0.1) is 25.4 Å². The van der Waals surface area contributed by atoms with Crippen LogP contribution in [-0.2, 0) is 9.53 Å². The molecule has 25 heavy (non-hydrogen) atoms. The van der Waals surface area contributed by atoms with Gasteiger partial charge < -0.3 is 19.5 Å². The molecule has 3 rings (SSSR count). The van der Waals surface area contributed by atoms with E-state index in [4.69, 9.17) is 14.2 Å². The molecule has 5 heteroatoms. The number of fused-ring (bicyclic) bond motifs is 1. The van der Waals surface area contributed by atoms with Gasteiger partial charge in [0.15, 0.2) is 11.5 Å². The molecule has 1 N–H and O–H groups in total. The Kier molecular flexibility index (Phi) is 5.52. The maximum Gasteiger partial charge on any atom is 0.217 e. The van der Waals surface area contributed by atoms with E-state index in [-0.39, 0.29) is 30.3 Å². The number of hydrogen-bond donors (Lipinski definition) is 1. The predicted octanol–water partition coefficient (Wildman–Crippen LogP) is 3.62. The van der Waals surface area contributed by atoms with Gasteiger partial charge in [-0.1, -0.05) is 12.5 Å². The molecule has 0 bridgehead atoms. The van der Waals surface area contributed by atoms with Crippen LogP contribution < -0.4 is 14.8 Å². The van der Waals surface area contributed by atoms with E-state index >= 15 is 0 Å². The lowest BCUT2D eigenvalue weighted by molar-refractivity contribution is -0.124. The predicted molar refractivity (Wildman–Crippen MR) is 95.9 cm³/mol. The molecule has 1 saturated heterocycles. The molecule has 5 nitrogen and oxygen atoms in total. The van der Waals surface area contributed by atoms with Crippen molar-refractivity contribution >= 4 is 5.91 Å². The molecule has 1 amide bonds. The largest absolute Gasteiger partial charge is 0.493 e. The molecule has 0 spiro atoms. The van der Waals surface area contributed by atoms with Gasteiger partial charge in [0, 0.05) is 18.9 Å². The summed E-state index contributed by atoms with van der Waals surface area (Å²) in [4.78, 5) is 11.6. The molecular formula is C20H29NO4. The minimum absolute atomic E-state index is 0.0294. The lowest BCUT2D eigenvalue weighted by Gasteiger charge is -2.39. The zero-order chi connectivity index (χ0) is 18.0. The van der Waals surface area contributed by atoms with Crippen molar-refractivity contribution in [3.8, 4) is 11.5 Å². The van der Waals surface area contributed by atoms with Crippen molar-refractivity contribution in [2.45, 2.75) is 70.8 Å². The summed E-state index contributed by atoms with van der Waals surface area (Å²) >= 11 is 0. The Morgan fingerprint density at radius 1 is 1.28 bits per heavy atom. The summed E-state index contributed by atoms with van der Waals surface area (Å²) in [6.45, 7) is 5.58. The number of rotatable bonds is 5. The number of nitrogens with one attached hydrogen (secondary N) is 1. The summed E-state index contributed by atoms with van der Waals surface area (Å²) in [6, 6.07) is 6.18. The third-order valence-electron chi connectivity index (χ3n) is 5.14. The maximum absolute atomic E-state index is 11.6. The van der Waals surface area contributed by atoms with Crippen LogP contribution in [0, 0.1) is 5.92 Å². The molecule has 1 saturated carbocycles. The van der Waals surface area contributed by atoms with Gasteiger partial charge in [-0.25, -0.2) is 0 Å². The van der Waals surface area contributed by atoms with Gasteiger partial charge in [-0.2, -0.15) is 0 Å². The summed E-state index contributed by atoms with van der Waals surface area (Å²) in [6.07, 6.45) is 4.47. The minimum atomic E-state index is -0.0294. The molecule has 2 fully saturated rings. The highest BCUT2D eigenvalue weighted by atomic mass is 16.5. The second-order valence-corrected chi connectivity index (χ2v) is 7.38. The molecule has 1 aromatic rings. The van der Waals surface area contributed by atoms with Gasteiger partial charge in [0.1, 0.15) is 0 Å². The fourth-order valence-corrected chi connectivity index (χ4v) is 4.13. The lowest BCUT2D eigenvalue weighted by atomic mass is 9.86. The van der Waals surface area contributed by atoms with E-state index in [0.717, 1.165) is 36.3 Å². The van der Waals surface area contributed by atoms with Crippen molar-refractivity contribution in [3.05, 3.63) is 23.8 Å². The summed E-state index contributed by atoms with van der Waals surface area (Å²) in [7, 11) is 1.65. The Labute approximate surface area is 150 Å². The molecule has 1 aromatic carbocycles. The second-order valence-electron chi connectivity index (χ2n) is 7.38. The molecule has 4 atom stereocenters. The Morgan fingerprint density at radius 2 is 2.08 bits per heavy atom. The summed E-state index contributed by atoms with van der Waals surface area (Å²) in [5.41, 5.74) is 1.08. The van der Waals surface area contributed by atoms with Crippen LogP contribution in [0.2, 0.25) is 0 Å². The first-order chi connectivity index (χ1) is 12.0. The summed E-state index contributed by atoms with van der Waals surface area (Å²) in [5.74, 6) is 1.94. The van der Waals surface area contributed by atoms with Crippen LogP contribution in [-0.4, -0.2) is 31.3 Å². The Bertz CT molecular complexity index is 616. The van der Waals surface area contributed by atoms with Gasteiger partial charge in [-0.15, -0.1) is 0 Å². The quantitative estimate of drug-likeness (QED) is 0.884. The Balaban J connectivity index is 1.81. The first kappa shape index (κ1) is 18.1. The third-order valence-corrected chi connectivity index (χ3v) is 5.14. The van der Waals surface area contributed by atoms with E-state index < -0.39 is 0 Å². The van der Waals surface area contributed by atoms with Crippen molar-refractivity contribution in [1.82, 2.24) is 5.32 Å². The molecule has 0 unspecified atom stereocenters. The van der Waals surface area contributed by atoms with Crippen LogP contribution in [0.3, 0.4) is 0 Å². The smallest absolute Gasteiger partial charge is 0.217 e. The van der Waals surface area contributed by atoms with Gasteiger partial charge in [0.2, 0.25) is 5.91 Å². The van der Waals surface area contributed by atoms with Crippen molar-refractivity contribution in [3.63, 3.8) is 0 Å². The van der Waals surface area contributed by atoms with E-state index in [1.54, 1.807) is 14.0 Å². The summed E-state index contributed by atoms with van der Waals surface area (Å²) in [5, 5.41) is 3.14. The van der Waals surface area contributed by atoms with Crippen LogP contribution in [0.5, 0.6) is 11.5 Å². The second kappa shape index (κ2) is 7.65. The molecule has 1 aliphatic carbocycles. The van der Waals surface area contributed by atoms with Crippen molar-refractivity contribution in [1.29, 1.82) is 0 Å². The monoisotopic (exact) mass is 347 g/mol. The number of amides is 1. The standard InChI is InChI=1S/C20H29NO4/c1-12(2)24-18-9-8-14(10-20(18)23-4)19-11-16(21-13(3)22)15-6-5-7-17(15)25-19/h8-10,12,15-17,19H,5-7,11H2,1-4H3,(H,21,22)/t15-,16+,17+,19+/m0/s1. The van der Waals surface area contributed by atoms with Crippen LogP contribution in [0.25, 0.3) is 0 Å².